The maximum Gasteiger partial charge on any atom is 0.116 e. The lowest BCUT2D eigenvalue weighted by Gasteiger charge is -1.99. The Morgan fingerprint density at radius 3 is 2.38 bits per heavy atom. The van der Waals surface area contributed by atoms with Crippen LogP contribution in [0.1, 0.15) is 0 Å². The largest absolute Gasteiger partial charge is 1.00 e. The van der Waals surface area contributed by atoms with Crippen molar-refractivity contribution >= 4 is 11.6 Å². The van der Waals surface area contributed by atoms with Gasteiger partial charge in [0, 0.05) is 0 Å². The number of quaternary nitrogens is 1. The molecule has 0 rings (SSSR count). The zero-order chi connectivity index (χ0) is 5.70. The van der Waals surface area contributed by atoms with Crippen LogP contribution in [0.25, 0.3) is 0 Å². The molecule has 0 aromatic carbocycles. The highest BCUT2D eigenvalue weighted by Crippen LogP contribution is 1.79. The Labute approximate surface area is 60.6 Å². The molecule has 0 heterocycles. The van der Waals surface area contributed by atoms with Crippen LogP contribution in [0.15, 0.2) is 0 Å². The number of rotatable bonds is 3. The van der Waals surface area contributed by atoms with E-state index in [0.29, 0.717) is 12.4 Å². The molecule has 0 aliphatic heterocycles. The van der Waals surface area contributed by atoms with Gasteiger partial charge in [0.15, 0.2) is 0 Å². The molecular weight excluding hydrogens is 149 g/mol. The molecule has 52 valence electrons. The van der Waals surface area contributed by atoms with Crippen LogP contribution in [0.5, 0.6) is 0 Å². The van der Waals surface area contributed by atoms with Gasteiger partial charge < -0.3 is 22.8 Å². The Bertz CT molecular complexity index is 45.0. The minimum atomic E-state index is -0.341. The Kier molecular flexibility index (Phi) is 10.6. The summed E-state index contributed by atoms with van der Waals surface area (Å²) in [6, 6.07) is 0. The number of hydrogen-bond acceptors (Lipinski definition) is 1. The molecule has 0 saturated heterocycles. The molecule has 1 atom stereocenters. The molecule has 4 heteroatoms. The lowest BCUT2D eigenvalue weighted by Crippen LogP contribution is -3.00. The second kappa shape index (κ2) is 7.50. The number of likely N-dealkylation sites (N-methyl/N-ethyl adjacent to an activating group) is 1. The fraction of sp³-hybridized carbons (Fsp3) is 1.00. The lowest BCUT2D eigenvalue weighted by molar-refractivity contribution is -0.633. The predicted molar refractivity (Wildman–Crippen MR) is 29.4 cm³/mol. The zero-order valence-electron chi connectivity index (χ0n) is 4.77. The second-order valence-corrected chi connectivity index (χ2v) is 1.76. The van der Waals surface area contributed by atoms with Crippen molar-refractivity contribution < 1.29 is 22.8 Å². The first-order chi connectivity index (χ1) is 3.31. The number of aliphatic hydroxyl groups is 1. The highest BCUT2D eigenvalue weighted by molar-refractivity contribution is 6.18. The van der Waals surface area contributed by atoms with Crippen LogP contribution in [0, 0.1) is 0 Å². The van der Waals surface area contributed by atoms with E-state index in [1.807, 2.05) is 12.4 Å². The van der Waals surface area contributed by atoms with E-state index in [-0.39, 0.29) is 18.5 Å². The molecule has 2 nitrogen and oxygen atoms in total. The first kappa shape index (κ1) is 11.3. The van der Waals surface area contributed by atoms with E-state index in [1.54, 1.807) is 0 Å². The normalized spacial score (nSPS) is 12.4. The minimum absolute atomic E-state index is 0. The molecule has 0 aromatic heterocycles. The van der Waals surface area contributed by atoms with E-state index < -0.39 is 0 Å². The topological polar surface area (TPSA) is 36.8 Å². The third-order valence-electron chi connectivity index (χ3n) is 0.686. The Morgan fingerprint density at radius 1 is 1.75 bits per heavy atom. The first-order valence-corrected chi connectivity index (χ1v) is 2.86. The van der Waals surface area contributed by atoms with E-state index in [9.17, 15) is 0 Å². The molecule has 0 aromatic rings. The molecular formula is C4H11Cl2NO. The molecule has 0 spiro atoms. The molecule has 0 fully saturated rings. The molecule has 1 unspecified atom stereocenters. The molecule has 3 N–H and O–H groups in total. The van der Waals surface area contributed by atoms with Gasteiger partial charge in [-0.1, -0.05) is 0 Å². The van der Waals surface area contributed by atoms with E-state index in [0.717, 1.165) is 0 Å². The van der Waals surface area contributed by atoms with Crippen LogP contribution in [0.3, 0.4) is 0 Å². The standard InChI is InChI=1S/C4H10ClNO.ClH/c1-6-3-4(7)2-5;/h4,6-7H,2-3H2,1H3;1H. The monoisotopic (exact) mass is 159 g/mol. The van der Waals surface area contributed by atoms with Gasteiger partial charge in [0.05, 0.1) is 12.9 Å². The van der Waals surface area contributed by atoms with Gasteiger partial charge in [-0.25, -0.2) is 0 Å². The van der Waals surface area contributed by atoms with Gasteiger partial charge in [0.1, 0.15) is 12.6 Å². The third kappa shape index (κ3) is 6.50. The van der Waals surface area contributed by atoms with Gasteiger partial charge in [-0.3, -0.25) is 0 Å². The fourth-order valence-corrected chi connectivity index (χ4v) is 0.461. The summed E-state index contributed by atoms with van der Waals surface area (Å²) in [5.41, 5.74) is 0. The summed E-state index contributed by atoms with van der Waals surface area (Å²) < 4.78 is 0. The fourth-order valence-electron chi connectivity index (χ4n) is 0.335. The summed E-state index contributed by atoms with van der Waals surface area (Å²) in [6.07, 6.45) is -0.341. The summed E-state index contributed by atoms with van der Waals surface area (Å²) in [7, 11) is 1.90. The van der Waals surface area contributed by atoms with E-state index >= 15 is 0 Å². The lowest BCUT2D eigenvalue weighted by atomic mass is 10.4. The number of halogens is 2. The predicted octanol–water partition coefficient (Wildman–Crippen LogP) is -4.22. The van der Waals surface area contributed by atoms with Crippen molar-refractivity contribution in [2.24, 2.45) is 0 Å². The van der Waals surface area contributed by atoms with Crippen molar-refractivity contribution in [1.82, 2.24) is 0 Å². The average molecular weight is 160 g/mol. The molecule has 0 radical (unpaired) electrons. The van der Waals surface area contributed by atoms with Crippen LogP contribution in [0.2, 0.25) is 0 Å². The molecule has 0 aliphatic carbocycles. The maximum atomic E-state index is 8.69. The molecule has 0 bridgehead atoms. The molecule has 0 saturated carbocycles. The van der Waals surface area contributed by atoms with E-state index in [1.165, 1.54) is 0 Å². The summed E-state index contributed by atoms with van der Waals surface area (Å²) >= 11 is 5.26. The quantitative estimate of drug-likeness (QED) is 0.403. The van der Waals surface area contributed by atoms with Gasteiger partial charge in [-0.15, -0.1) is 11.6 Å². The molecule has 0 amide bonds. The van der Waals surface area contributed by atoms with Gasteiger partial charge >= 0.3 is 0 Å². The van der Waals surface area contributed by atoms with Crippen LogP contribution < -0.4 is 17.7 Å². The molecule has 0 aliphatic rings. The van der Waals surface area contributed by atoms with Gasteiger partial charge in [0.25, 0.3) is 0 Å². The van der Waals surface area contributed by atoms with Crippen LogP contribution >= 0.6 is 11.6 Å². The zero-order valence-corrected chi connectivity index (χ0v) is 6.28. The van der Waals surface area contributed by atoms with Crippen LogP contribution in [-0.4, -0.2) is 30.7 Å². The van der Waals surface area contributed by atoms with Crippen LogP contribution in [0.4, 0.5) is 0 Å². The van der Waals surface area contributed by atoms with Gasteiger partial charge in [0.2, 0.25) is 0 Å². The SMILES string of the molecule is C[NH2+]CC(O)CCl.[Cl-]. The third-order valence-corrected chi connectivity index (χ3v) is 1.04. The highest BCUT2D eigenvalue weighted by Gasteiger charge is 1.98. The van der Waals surface area contributed by atoms with Crippen molar-refractivity contribution in [3.63, 3.8) is 0 Å². The van der Waals surface area contributed by atoms with Gasteiger partial charge in [-0.05, 0) is 0 Å². The Hall–Kier alpha value is 0.500. The van der Waals surface area contributed by atoms with Crippen molar-refractivity contribution in [1.29, 1.82) is 0 Å². The Morgan fingerprint density at radius 2 is 2.25 bits per heavy atom. The van der Waals surface area contributed by atoms with E-state index in [4.69, 9.17) is 16.7 Å². The summed E-state index contributed by atoms with van der Waals surface area (Å²) in [5, 5.41) is 10.6. The summed E-state index contributed by atoms with van der Waals surface area (Å²) in [6.45, 7) is 0.698. The van der Waals surface area contributed by atoms with Crippen molar-refractivity contribution in [3.8, 4) is 0 Å². The number of aliphatic hydroxyl groups excluding tert-OH is 1. The Balaban J connectivity index is 0. The van der Waals surface area contributed by atoms with Crippen molar-refractivity contribution in [2.75, 3.05) is 19.5 Å². The van der Waals surface area contributed by atoms with Crippen molar-refractivity contribution in [2.45, 2.75) is 6.10 Å². The number of alkyl halides is 1. The number of nitrogens with two attached hydrogens (primary N) is 1. The van der Waals surface area contributed by atoms with Crippen molar-refractivity contribution in [3.05, 3.63) is 0 Å². The summed E-state index contributed by atoms with van der Waals surface area (Å²) in [5.74, 6) is 0.338. The second-order valence-electron chi connectivity index (χ2n) is 1.45. The first-order valence-electron chi connectivity index (χ1n) is 2.33. The van der Waals surface area contributed by atoms with Crippen LogP contribution in [-0.2, 0) is 0 Å². The maximum absolute atomic E-state index is 8.69. The van der Waals surface area contributed by atoms with Gasteiger partial charge in [-0.2, -0.15) is 0 Å². The highest BCUT2D eigenvalue weighted by atomic mass is 35.5. The average Bonchev–Trinajstić information content (AvgIpc) is 1.68. The van der Waals surface area contributed by atoms with E-state index in [2.05, 4.69) is 0 Å². The summed E-state index contributed by atoms with van der Waals surface area (Å²) in [4.78, 5) is 0. The minimum Gasteiger partial charge on any atom is -1.00 e. The number of hydrogen-bond donors (Lipinski definition) is 2. The smallest absolute Gasteiger partial charge is 0.116 e. The molecule has 8 heavy (non-hydrogen) atoms.